The minimum Gasteiger partial charge on any atom is -0.357 e. The van der Waals surface area contributed by atoms with Crippen molar-refractivity contribution in [3.63, 3.8) is 0 Å². The number of anilines is 2. The van der Waals surface area contributed by atoms with Gasteiger partial charge in [0.1, 0.15) is 0 Å². The Hall–Kier alpha value is -1.39. The Kier molecular flexibility index (Phi) is 4.33. The quantitative estimate of drug-likeness (QED) is 0.894. The molecule has 0 atom stereocenters. The molecule has 0 aromatic carbocycles. The third-order valence-electron chi connectivity index (χ3n) is 3.57. The molecule has 0 saturated heterocycles. The summed E-state index contributed by atoms with van der Waals surface area (Å²) in [4.78, 5) is 9.96. The highest BCUT2D eigenvalue weighted by Crippen LogP contribution is 2.26. The van der Waals surface area contributed by atoms with Gasteiger partial charge in [-0.05, 0) is 18.8 Å². The summed E-state index contributed by atoms with van der Waals surface area (Å²) in [5, 5.41) is 2.84. The van der Waals surface area contributed by atoms with E-state index in [4.69, 9.17) is 0 Å². The Morgan fingerprint density at radius 1 is 1.39 bits per heavy atom. The van der Waals surface area contributed by atoms with Crippen molar-refractivity contribution in [3.8, 4) is 0 Å². The van der Waals surface area contributed by atoms with Gasteiger partial charge in [-0.15, -0.1) is 0 Å². The number of nitrogens with zero attached hydrogens (tertiary/aromatic N) is 3. The summed E-state index contributed by atoms with van der Waals surface area (Å²) in [6, 6.07) is 0. The Labute approximate surface area is 108 Å². The molecule has 5 heteroatoms. The number of halogens is 1. The highest BCUT2D eigenvalue weighted by atomic mass is 19.1. The van der Waals surface area contributed by atoms with E-state index in [-0.39, 0.29) is 5.82 Å². The molecule has 1 saturated carbocycles. The van der Waals surface area contributed by atoms with Crippen LogP contribution in [0.5, 0.6) is 0 Å². The van der Waals surface area contributed by atoms with Gasteiger partial charge < -0.3 is 10.2 Å². The van der Waals surface area contributed by atoms with Gasteiger partial charge in [-0.2, -0.15) is 4.98 Å². The monoisotopic (exact) mass is 252 g/mol. The first-order valence-electron chi connectivity index (χ1n) is 6.62. The molecule has 18 heavy (non-hydrogen) atoms. The van der Waals surface area contributed by atoms with Crippen molar-refractivity contribution in [2.24, 2.45) is 5.92 Å². The van der Waals surface area contributed by atoms with E-state index in [0.717, 1.165) is 6.54 Å². The van der Waals surface area contributed by atoms with E-state index in [9.17, 15) is 4.39 Å². The molecule has 0 amide bonds. The minimum absolute atomic E-state index is 0.354. The fraction of sp³-hybridized carbons (Fsp3) is 0.692. The van der Waals surface area contributed by atoms with Crippen LogP contribution in [0.25, 0.3) is 0 Å². The van der Waals surface area contributed by atoms with Gasteiger partial charge in [0.25, 0.3) is 0 Å². The molecule has 0 spiro atoms. The molecule has 2 rings (SSSR count). The highest BCUT2D eigenvalue weighted by Gasteiger charge is 2.18. The Balaban J connectivity index is 2.04. The molecule has 100 valence electrons. The standard InChI is InChI=1S/C13H21FN4/c1-15-13-16-8-11(14)12(17-13)18(2)9-10-6-4-3-5-7-10/h8,10H,3-7,9H2,1-2H3,(H,15,16,17). The maximum atomic E-state index is 13.7. The van der Waals surface area contributed by atoms with Crippen LogP contribution in [-0.4, -0.2) is 30.6 Å². The summed E-state index contributed by atoms with van der Waals surface area (Å²) in [5.74, 6) is 1.16. The van der Waals surface area contributed by atoms with Crippen LogP contribution < -0.4 is 10.2 Å². The van der Waals surface area contributed by atoms with E-state index in [0.29, 0.717) is 17.7 Å². The molecular weight excluding hydrogens is 231 g/mol. The largest absolute Gasteiger partial charge is 0.357 e. The first kappa shape index (κ1) is 13.1. The van der Waals surface area contributed by atoms with Crippen LogP contribution in [0.4, 0.5) is 16.2 Å². The second kappa shape index (κ2) is 5.98. The van der Waals surface area contributed by atoms with E-state index >= 15 is 0 Å². The van der Waals surface area contributed by atoms with Gasteiger partial charge in [0.2, 0.25) is 5.95 Å². The second-order valence-electron chi connectivity index (χ2n) is 5.00. The predicted molar refractivity (Wildman–Crippen MR) is 71.4 cm³/mol. The van der Waals surface area contributed by atoms with E-state index in [2.05, 4.69) is 15.3 Å². The number of aromatic nitrogens is 2. The molecule has 1 aliphatic rings. The summed E-state index contributed by atoms with van der Waals surface area (Å²) in [6.45, 7) is 0.872. The normalized spacial score (nSPS) is 16.6. The van der Waals surface area contributed by atoms with Crippen molar-refractivity contribution in [1.29, 1.82) is 0 Å². The first-order valence-corrected chi connectivity index (χ1v) is 6.62. The summed E-state index contributed by atoms with van der Waals surface area (Å²) < 4.78 is 13.7. The zero-order valence-electron chi connectivity index (χ0n) is 11.1. The lowest BCUT2D eigenvalue weighted by atomic mass is 9.89. The minimum atomic E-state index is -0.354. The Bertz CT molecular complexity index is 391. The zero-order chi connectivity index (χ0) is 13.0. The molecule has 0 bridgehead atoms. The third kappa shape index (κ3) is 3.09. The lowest BCUT2D eigenvalue weighted by Gasteiger charge is -2.27. The molecular formula is C13H21FN4. The fourth-order valence-electron chi connectivity index (χ4n) is 2.59. The van der Waals surface area contributed by atoms with E-state index < -0.39 is 0 Å². The lowest BCUT2D eigenvalue weighted by molar-refractivity contribution is 0.360. The van der Waals surface area contributed by atoms with Crippen LogP contribution in [0, 0.1) is 11.7 Å². The molecule has 0 aliphatic heterocycles. The van der Waals surface area contributed by atoms with Gasteiger partial charge in [-0.25, -0.2) is 9.37 Å². The summed E-state index contributed by atoms with van der Waals surface area (Å²) in [5.41, 5.74) is 0. The Morgan fingerprint density at radius 3 is 2.78 bits per heavy atom. The molecule has 1 fully saturated rings. The van der Waals surface area contributed by atoms with Crippen molar-refractivity contribution >= 4 is 11.8 Å². The Morgan fingerprint density at radius 2 is 2.11 bits per heavy atom. The van der Waals surface area contributed by atoms with Crippen LogP contribution in [-0.2, 0) is 0 Å². The van der Waals surface area contributed by atoms with Gasteiger partial charge in [0.15, 0.2) is 11.6 Å². The topological polar surface area (TPSA) is 41.1 Å². The van der Waals surface area contributed by atoms with Gasteiger partial charge >= 0.3 is 0 Å². The molecule has 1 aromatic rings. The van der Waals surface area contributed by atoms with Crippen LogP contribution in [0.15, 0.2) is 6.20 Å². The molecule has 4 nitrogen and oxygen atoms in total. The lowest BCUT2D eigenvalue weighted by Crippen LogP contribution is -2.28. The average Bonchev–Trinajstić information content (AvgIpc) is 2.40. The van der Waals surface area contributed by atoms with Crippen LogP contribution in [0.2, 0.25) is 0 Å². The summed E-state index contributed by atoms with van der Waals surface area (Å²) >= 11 is 0. The second-order valence-corrected chi connectivity index (χ2v) is 5.00. The molecule has 1 heterocycles. The highest BCUT2D eigenvalue weighted by molar-refractivity contribution is 5.42. The van der Waals surface area contributed by atoms with Crippen molar-refractivity contribution < 1.29 is 4.39 Å². The van der Waals surface area contributed by atoms with Gasteiger partial charge in [-0.3, -0.25) is 0 Å². The SMILES string of the molecule is CNc1ncc(F)c(N(C)CC2CCCCC2)n1. The third-order valence-corrected chi connectivity index (χ3v) is 3.57. The average molecular weight is 252 g/mol. The van der Waals surface area contributed by atoms with Crippen LogP contribution >= 0.6 is 0 Å². The first-order chi connectivity index (χ1) is 8.70. The molecule has 0 unspecified atom stereocenters. The number of hydrogen-bond donors (Lipinski definition) is 1. The van der Waals surface area contributed by atoms with Crippen molar-refractivity contribution in [3.05, 3.63) is 12.0 Å². The van der Waals surface area contributed by atoms with Crippen molar-refractivity contribution in [2.45, 2.75) is 32.1 Å². The molecule has 1 N–H and O–H groups in total. The predicted octanol–water partition coefficient (Wildman–Crippen LogP) is 2.67. The fourth-order valence-corrected chi connectivity index (χ4v) is 2.59. The summed E-state index contributed by atoms with van der Waals surface area (Å²) in [6.07, 6.45) is 7.66. The van der Waals surface area contributed by atoms with E-state index in [1.54, 1.807) is 7.05 Å². The molecule has 1 aromatic heterocycles. The van der Waals surface area contributed by atoms with E-state index in [1.165, 1.54) is 38.3 Å². The van der Waals surface area contributed by atoms with Gasteiger partial charge in [0, 0.05) is 20.6 Å². The van der Waals surface area contributed by atoms with Crippen LogP contribution in [0.3, 0.4) is 0 Å². The summed E-state index contributed by atoms with van der Waals surface area (Å²) in [7, 11) is 3.64. The smallest absolute Gasteiger partial charge is 0.224 e. The van der Waals surface area contributed by atoms with Crippen molar-refractivity contribution in [1.82, 2.24) is 9.97 Å². The maximum absolute atomic E-state index is 13.7. The maximum Gasteiger partial charge on any atom is 0.224 e. The number of nitrogens with one attached hydrogen (secondary N) is 1. The number of rotatable bonds is 4. The molecule has 1 aliphatic carbocycles. The van der Waals surface area contributed by atoms with Gasteiger partial charge in [-0.1, -0.05) is 19.3 Å². The van der Waals surface area contributed by atoms with Crippen LogP contribution in [0.1, 0.15) is 32.1 Å². The van der Waals surface area contributed by atoms with E-state index in [1.807, 2.05) is 11.9 Å². The van der Waals surface area contributed by atoms with Crippen molar-refractivity contribution in [2.75, 3.05) is 30.9 Å². The molecule has 0 radical (unpaired) electrons. The zero-order valence-corrected chi connectivity index (χ0v) is 11.1. The number of hydrogen-bond acceptors (Lipinski definition) is 4. The van der Waals surface area contributed by atoms with Gasteiger partial charge in [0.05, 0.1) is 6.20 Å².